The summed E-state index contributed by atoms with van der Waals surface area (Å²) in [7, 11) is 0. The van der Waals surface area contributed by atoms with Gasteiger partial charge >= 0.3 is 0 Å². The molecule has 1 aromatic rings. The van der Waals surface area contributed by atoms with Crippen molar-refractivity contribution in [2.24, 2.45) is 11.7 Å². The molecule has 146 valence electrons. The molecule has 3 aliphatic rings. The monoisotopic (exact) mass is 390 g/mol. The van der Waals surface area contributed by atoms with Crippen LogP contribution in [0.2, 0.25) is 0 Å². The summed E-state index contributed by atoms with van der Waals surface area (Å²) in [5.41, 5.74) is 7.12. The van der Waals surface area contributed by atoms with Crippen LogP contribution in [0, 0.1) is 5.92 Å². The molecule has 2 heterocycles. The molecule has 1 saturated heterocycles. The Bertz CT molecular complexity index is 763. The Hall–Kier alpha value is -1.93. The molecule has 3 N–H and O–H groups in total. The van der Waals surface area contributed by atoms with Crippen molar-refractivity contribution in [1.82, 2.24) is 9.80 Å². The standard InChI is InChI=1S/C19H26N4O3S/c20-17(25)16-13-3-1-2-4-14(13)27-18(16)21-15(24)11-22-7-9-23(10-8-22)19(26)12-5-6-12/h12H,1-11H2,(H2,20,25)(H,21,24). The van der Waals surface area contributed by atoms with E-state index in [0.29, 0.717) is 36.7 Å². The van der Waals surface area contributed by atoms with E-state index in [1.165, 1.54) is 16.2 Å². The molecule has 1 aliphatic heterocycles. The minimum absolute atomic E-state index is 0.127. The molecule has 2 aliphatic carbocycles. The fourth-order valence-corrected chi connectivity index (χ4v) is 5.31. The zero-order chi connectivity index (χ0) is 19.0. The largest absolute Gasteiger partial charge is 0.365 e. The quantitative estimate of drug-likeness (QED) is 0.790. The number of aryl methyl sites for hydroxylation is 1. The van der Waals surface area contributed by atoms with Gasteiger partial charge in [-0.1, -0.05) is 0 Å². The second kappa shape index (κ2) is 7.59. The number of nitrogens with two attached hydrogens (primary N) is 1. The fourth-order valence-electron chi connectivity index (χ4n) is 4.00. The van der Waals surface area contributed by atoms with E-state index in [-0.39, 0.29) is 24.3 Å². The van der Waals surface area contributed by atoms with E-state index in [4.69, 9.17) is 5.73 Å². The number of hydrogen-bond donors (Lipinski definition) is 2. The number of amides is 3. The third-order valence-corrected chi connectivity index (χ3v) is 6.86. The van der Waals surface area contributed by atoms with Gasteiger partial charge in [0.1, 0.15) is 5.00 Å². The van der Waals surface area contributed by atoms with Crippen LogP contribution in [0.1, 0.15) is 46.5 Å². The Labute approximate surface area is 162 Å². The summed E-state index contributed by atoms with van der Waals surface area (Å²) in [6, 6.07) is 0. The van der Waals surface area contributed by atoms with Crippen molar-refractivity contribution in [2.45, 2.75) is 38.5 Å². The highest BCUT2D eigenvalue weighted by molar-refractivity contribution is 7.17. The topological polar surface area (TPSA) is 95.7 Å². The van der Waals surface area contributed by atoms with Gasteiger partial charge in [-0.15, -0.1) is 11.3 Å². The lowest BCUT2D eigenvalue weighted by atomic mass is 9.95. The van der Waals surface area contributed by atoms with E-state index < -0.39 is 5.91 Å². The van der Waals surface area contributed by atoms with Crippen molar-refractivity contribution >= 4 is 34.1 Å². The van der Waals surface area contributed by atoms with Gasteiger partial charge in [0.15, 0.2) is 0 Å². The average molecular weight is 391 g/mol. The SMILES string of the molecule is NC(=O)c1c(NC(=O)CN2CCN(C(=O)C3CC3)CC2)sc2c1CCCC2. The third-order valence-electron chi connectivity index (χ3n) is 5.65. The number of primary amides is 1. The number of piperazine rings is 1. The predicted octanol–water partition coefficient (Wildman–Crippen LogP) is 1.22. The average Bonchev–Trinajstić information content (AvgIpc) is 3.42. The van der Waals surface area contributed by atoms with Crippen LogP contribution in [0.4, 0.5) is 5.00 Å². The van der Waals surface area contributed by atoms with E-state index >= 15 is 0 Å². The number of carbonyl (C=O) groups is 3. The predicted molar refractivity (Wildman–Crippen MR) is 104 cm³/mol. The molecule has 1 aromatic heterocycles. The second-order valence-electron chi connectivity index (χ2n) is 7.70. The van der Waals surface area contributed by atoms with E-state index in [1.54, 1.807) is 0 Å². The molecule has 4 rings (SSSR count). The molecule has 0 spiro atoms. The van der Waals surface area contributed by atoms with E-state index in [9.17, 15) is 14.4 Å². The van der Waals surface area contributed by atoms with Crippen LogP contribution in [0.5, 0.6) is 0 Å². The summed E-state index contributed by atoms with van der Waals surface area (Å²) in [6.07, 6.45) is 6.02. The highest BCUT2D eigenvalue weighted by Crippen LogP contribution is 2.37. The zero-order valence-corrected chi connectivity index (χ0v) is 16.3. The van der Waals surface area contributed by atoms with Crippen molar-refractivity contribution < 1.29 is 14.4 Å². The number of fused-ring (bicyclic) bond motifs is 1. The van der Waals surface area contributed by atoms with E-state index in [2.05, 4.69) is 10.2 Å². The maximum Gasteiger partial charge on any atom is 0.251 e. The first-order valence-corrected chi connectivity index (χ1v) is 10.6. The Kier molecular flexibility index (Phi) is 5.19. The van der Waals surface area contributed by atoms with E-state index in [1.807, 2.05) is 4.90 Å². The van der Waals surface area contributed by atoms with Crippen molar-refractivity contribution in [3.05, 3.63) is 16.0 Å². The Morgan fingerprint density at radius 3 is 2.44 bits per heavy atom. The van der Waals surface area contributed by atoms with Gasteiger partial charge < -0.3 is 16.0 Å². The Morgan fingerprint density at radius 2 is 1.78 bits per heavy atom. The van der Waals surface area contributed by atoms with Gasteiger partial charge in [-0.3, -0.25) is 19.3 Å². The molecule has 0 aromatic carbocycles. The van der Waals surface area contributed by atoms with Crippen LogP contribution < -0.4 is 11.1 Å². The molecule has 3 amide bonds. The van der Waals surface area contributed by atoms with E-state index in [0.717, 1.165) is 44.1 Å². The van der Waals surface area contributed by atoms with Crippen LogP contribution in [0.3, 0.4) is 0 Å². The van der Waals surface area contributed by atoms with Gasteiger partial charge in [0, 0.05) is 37.0 Å². The van der Waals surface area contributed by atoms with Gasteiger partial charge in [0.2, 0.25) is 11.8 Å². The number of hydrogen-bond acceptors (Lipinski definition) is 5. The number of nitrogens with zero attached hydrogens (tertiary/aromatic N) is 2. The van der Waals surface area contributed by atoms with Gasteiger partial charge in [0.05, 0.1) is 12.1 Å². The lowest BCUT2D eigenvalue weighted by Crippen LogP contribution is -2.50. The smallest absolute Gasteiger partial charge is 0.251 e. The summed E-state index contributed by atoms with van der Waals surface area (Å²) < 4.78 is 0. The Balaban J connectivity index is 1.34. The van der Waals surface area contributed by atoms with Crippen molar-refractivity contribution in [2.75, 3.05) is 38.0 Å². The summed E-state index contributed by atoms with van der Waals surface area (Å²) in [5, 5.41) is 3.51. The van der Waals surface area contributed by atoms with Crippen LogP contribution in [0.15, 0.2) is 0 Å². The molecule has 0 unspecified atom stereocenters. The molecule has 7 nitrogen and oxygen atoms in total. The molecule has 0 radical (unpaired) electrons. The van der Waals surface area contributed by atoms with Crippen LogP contribution >= 0.6 is 11.3 Å². The summed E-state index contributed by atoms with van der Waals surface area (Å²) in [5.74, 6) is -0.0683. The first-order valence-electron chi connectivity index (χ1n) is 9.78. The first kappa shape index (κ1) is 18.4. The molecule has 8 heteroatoms. The third kappa shape index (κ3) is 4.01. The van der Waals surface area contributed by atoms with Crippen LogP contribution in [-0.2, 0) is 22.4 Å². The minimum Gasteiger partial charge on any atom is -0.365 e. The molecule has 1 saturated carbocycles. The number of thiophene rings is 1. The molecule has 0 atom stereocenters. The normalized spacial score (nSPS) is 20.2. The van der Waals surface area contributed by atoms with Gasteiger partial charge in [-0.05, 0) is 44.1 Å². The number of anilines is 1. The van der Waals surface area contributed by atoms with Crippen molar-refractivity contribution in [3.8, 4) is 0 Å². The zero-order valence-electron chi connectivity index (χ0n) is 15.5. The lowest BCUT2D eigenvalue weighted by molar-refractivity contribution is -0.134. The number of carbonyl (C=O) groups excluding carboxylic acids is 3. The van der Waals surface area contributed by atoms with Crippen LogP contribution in [-0.4, -0.2) is 60.2 Å². The maximum atomic E-state index is 12.5. The Morgan fingerprint density at radius 1 is 1.07 bits per heavy atom. The molecular weight excluding hydrogens is 364 g/mol. The highest BCUT2D eigenvalue weighted by atomic mass is 32.1. The molecule has 2 fully saturated rings. The van der Waals surface area contributed by atoms with Gasteiger partial charge in [0.25, 0.3) is 5.91 Å². The highest BCUT2D eigenvalue weighted by Gasteiger charge is 2.34. The first-order chi connectivity index (χ1) is 13.0. The fraction of sp³-hybridized carbons (Fsp3) is 0.632. The lowest BCUT2D eigenvalue weighted by Gasteiger charge is -2.34. The minimum atomic E-state index is -0.461. The molecular formula is C19H26N4O3S. The van der Waals surface area contributed by atoms with Crippen LogP contribution in [0.25, 0.3) is 0 Å². The molecule has 0 bridgehead atoms. The van der Waals surface area contributed by atoms with Gasteiger partial charge in [-0.2, -0.15) is 0 Å². The maximum absolute atomic E-state index is 12.5. The molecule has 27 heavy (non-hydrogen) atoms. The summed E-state index contributed by atoms with van der Waals surface area (Å²) in [6.45, 7) is 3.04. The van der Waals surface area contributed by atoms with Gasteiger partial charge in [-0.25, -0.2) is 0 Å². The second-order valence-corrected chi connectivity index (χ2v) is 8.81. The summed E-state index contributed by atoms with van der Waals surface area (Å²) >= 11 is 1.49. The van der Waals surface area contributed by atoms with Crippen molar-refractivity contribution in [3.63, 3.8) is 0 Å². The number of rotatable bonds is 5. The van der Waals surface area contributed by atoms with Crippen molar-refractivity contribution in [1.29, 1.82) is 0 Å². The summed E-state index contributed by atoms with van der Waals surface area (Å²) in [4.78, 5) is 41.7. The number of nitrogens with one attached hydrogen (secondary N) is 1.